The number of nitrogens with one attached hydrogen (secondary N) is 3. The average Bonchev–Trinajstić information content (AvgIpc) is 3.62. The van der Waals surface area contributed by atoms with E-state index in [0.29, 0.717) is 30.3 Å². The number of benzene rings is 1. The second kappa shape index (κ2) is 17.0. The van der Waals surface area contributed by atoms with Crippen LogP contribution in [0, 0.1) is 12.8 Å². The molecule has 2 aromatic heterocycles. The van der Waals surface area contributed by atoms with Crippen LogP contribution in [-0.4, -0.2) is 86.3 Å². The van der Waals surface area contributed by atoms with Crippen LogP contribution < -0.4 is 20.7 Å². The van der Waals surface area contributed by atoms with Crippen LogP contribution in [-0.2, 0) is 19.1 Å². The van der Waals surface area contributed by atoms with Crippen molar-refractivity contribution in [2.45, 2.75) is 146 Å². The quantitative estimate of drug-likeness (QED) is 0.170. The van der Waals surface area contributed by atoms with Crippen molar-refractivity contribution >= 4 is 51.2 Å². The molecule has 57 heavy (non-hydrogen) atoms. The Labute approximate surface area is 337 Å². The van der Waals surface area contributed by atoms with Crippen molar-refractivity contribution in [1.29, 1.82) is 0 Å². The Hall–Kier alpha value is -4.72. The number of aromatic nitrogens is 2. The van der Waals surface area contributed by atoms with Crippen molar-refractivity contribution in [1.82, 2.24) is 25.5 Å². The van der Waals surface area contributed by atoms with Crippen LogP contribution in [0.15, 0.2) is 41.8 Å². The molecule has 1 saturated heterocycles. The summed E-state index contributed by atoms with van der Waals surface area (Å²) in [5, 5.41) is 23.2. The van der Waals surface area contributed by atoms with Crippen LogP contribution in [0.4, 0.5) is 9.93 Å². The second-order valence-corrected chi connectivity index (χ2v) is 17.5. The van der Waals surface area contributed by atoms with Gasteiger partial charge in [-0.2, -0.15) is 0 Å². The number of amides is 3. The van der Waals surface area contributed by atoms with Crippen molar-refractivity contribution in [2.75, 3.05) is 11.9 Å². The Morgan fingerprint density at radius 3 is 2.53 bits per heavy atom. The number of aliphatic carboxylic acids is 1. The fourth-order valence-corrected chi connectivity index (χ4v) is 9.86. The Morgan fingerprint density at radius 2 is 1.72 bits per heavy atom. The lowest BCUT2D eigenvalue weighted by Gasteiger charge is -2.29. The van der Waals surface area contributed by atoms with Gasteiger partial charge in [0.2, 0.25) is 11.8 Å². The van der Waals surface area contributed by atoms with Crippen LogP contribution in [0.25, 0.3) is 22.3 Å². The van der Waals surface area contributed by atoms with Gasteiger partial charge in [-0.15, -0.1) is 11.3 Å². The van der Waals surface area contributed by atoms with Gasteiger partial charge in [0.05, 0.1) is 17.8 Å². The number of ether oxygens (including phenoxy) is 2. The summed E-state index contributed by atoms with van der Waals surface area (Å²) in [6, 6.07) is 6.31. The molecule has 0 spiro atoms. The van der Waals surface area contributed by atoms with Gasteiger partial charge in [-0.3, -0.25) is 9.59 Å². The monoisotopic (exact) mass is 798 g/mol. The van der Waals surface area contributed by atoms with E-state index in [2.05, 4.69) is 16.0 Å². The zero-order valence-corrected chi connectivity index (χ0v) is 33.5. The van der Waals surface area contributed by atoms with Crippen molar-refractivity contribution in [3.8, 4) is 17.1 Å². The number of carbonyl (C=O) groups excluding carboxylic acids is 3. The van der Waals surface area contributed by atoms with Gasteiger partial charge >= 0.3 is 12.1 Å². The van der Waals surface area contributed by atoms with E-state index in [1.54, 1.807) is 11.3 Å². The van der Waals surface area contributed by atoms with Crippen molar-refractivity contribution < 1.29 is 33.8 Å². The number of hydrogen-bond donors (Lipinski definition) is 4. The molecule has 2 aliphatic heterocycles. The molecule has 0 bridgehead atoms. The lowest BCUT2D eigenvalue weighted by atomic mass is 9.96. The Morgan fingerprint density at radius 1 is 0.947 bits per heavy atom. The number of carboxylic acid groups (broad SMARTS) is 1. The first-order valence-electron chi connectivity index (χ1n) is 21.0. The number of alkyl carbamates (subject to hydrolysis) is 1. The summed E-state index contributed by atoms with van der Waals surface area (Å²) in [6.45, 7) is 2.07. The molecule has 4 fully saturated rings. The first-order valence-corrected chi connectivity index (χ1v) is 21.8. The number of pyridine rings is 1. The number of aryl methyl sites for hydroxylation is 1. The molecule has 13 nitrogen and oxygen atoms in total. The molecule has 5 aliphatic rings. The number of fused-ring (bicyclic) bond motifs is 3. The van der Waals surface area contributed by atoms with E-state index in [1.165, 1.54) is 24.2 Å². The van der Waals surface area contributed by atoms with Gasteiger partial charge in [0.25, 0.3) is 0 Å². The Balaban J connectivity index is 1.08. The molecule has 3 aliphatic carbocycles. The number of carboxylic acids is 1. The summed E-state index contributed by atoms with van der Waals surface area (Å²) in [6.07, 6.45) is 15.9. The molecule has 3 saturated carbocycles. The third-order valence-corrected chi connectivity index (χ3v) is 13.2. The molecule has 0 radical (unpaired) electrons. The molecule has 14 heteroatoms. The van der Waals surface area contributed by atoms with Gasteiger partial charge in [0.1, 0.15) is 41.3 Å². The Bertz CT molecular complexity index is 2010. The summed E-state index contributed by atoms with van der Waals surface area (Å²) in [5.74, 6) is -1.85. The molecule has 5 atom stereocenters. The maximum absolute atomic E-state index is 14.6. The van der Waals surface area contributed by atoms with E-state index >= 15 is 0 Å². The number of hydrogen-bond acceptors (Lipinski definition) is 10. The molecule has 8 rings (SSSR count). The first kappa shape index (κ1) is 39.1. The summed E-state index contributed by atoms with van der Waals surface area (Å²) < 4.78 is 12.5. The van der Waals surface area contributed by atoms with Crippen LogP contribution in [0.1, 0.15) is 108 Å². The largest absolute Gasteiger partial charge is 0.488 e. The van der Waals surface area contributed by atoms with Gasteiger partial charge in [-0.1, -0.05) is 50.3 Å². The fraction of sp³-hybridized carbons (Fsp3) is 0.581. The van der Waals surface area contributed by atoms with Crippen molar-refractivity contribution in [2.24, 2.45) is 5.92 Å². The highest BCUT2D eigenvalue weighted by molar-refractivity contribution is 7.14. The number of anilines is 1. The lowest BCUT2D eigenvalue weighted by molar-refractivity contribution is -0.145. The van der Waals surface area contributed by atoms with E-state index < -0.39 is 47.6 Å². The van der Waals surface area contributed by atoms with Crippen LogP contribution in [0.3, 0.4) is 0 Å². The SMILES string of the molecule is Cc1ccc2c(O[C@@H]3C[C@H]4C(=O)N[C@]5(C(=O)O)C[C@@H]5/C=C\CCCCCC(NC(=O)OC5CCCC5)C(=O)N4C3)cc(-c3csc(NC4CCCCC4)n3)nc2c1. The molecule has 4 heterocycles. The summed E-state index contributed by atoms with van der Waals surface area (Å²) in [5.41, 5.74) is 1.72. The van der Waals surface area contributed by atoms with Gasteiger partial charge in [-0.05, 0) is 88.8 Å². The predicted molar refractivity (Wildman–Crippen MR) is 217 cm³/mol. The third kappa shape index (κ3) is 8.90. The minimum Gasteiger partial charge on any atom is -0.488 e. The Kier molecular flexibility index (Phi) is 11.7. The van der Waals surface area contributed by atoms with Crippen molar-refractivity contribution in [3.63, 3.8) is 0 Å². The van der Waals surface area contributed by atoms with Crippen molar-refractivity contribution in [3.05, 3.63) is 47.4 Å². The van der Waals surface area contributed by atoms with E-state index in [-0.39, 0.29) is 31.4 Å². The van der Waals surface area contributed by atoms with Crippen LogP contribution >= 0.6 is 11.3 Å². The summed E-state index contributed by atoms with van der Waals surface area (Å²) in [4.78, 5) is 66.0. The fourth-order valence-electron chi connectivity index (χ4n) is 9.07. The number of rotatable bonds is 8. The maximum atomic E-state index is 14.6. The highest BCUT2D eigenvalue weighted by Gasteiger charge is 2.61. The average molecular weight is 799 g/mol. The summed E-state index contributed by atoms with van der Waals surface area (Å²) >= 11 is 1.55. The minimum atomic E-state index is -1.43. The number of allylic oxidation sites excluding steroid dienone is 1. The number of carbonyl (C=O) groups is 4. The highest BCUT2D eigenvalue weighted by atomic mass is 32.1. The zero-order chi connectivity index (χ0) is 39.5. The first-order chi connectivity index (χ1) is 27.6. The standard InChI is InChI=1S/C43H54N6O7S/c1-26-18-19-31-33(20-26)45-34(35-25-57-41(46-35)44-28-13-7-5-8-14-28)22-37(31)55-30-21-36-38(50)48-43(40(52)53)23-27(43)12-6-3-2-4-9-17-32(39(51)49(36)24-30)47-42(54)56-29-15-10-11-16-29/h6,12,18-20,22,25,27-30,32,36H,2-5,7-11,13-17,21,23-24H2,1H3,(H,44,46)(H,47,54)(H,48,50)(H,52,53)/b12-6-/t27-,30+,32?,36-,43+/m0/s1. The maximum Gasteiger partial charge on any atom is 0.408 e. The molecule has 1 aromatic carbocycles. The van der Waals surface area contributed by atoms with Gasteiger partial charge in [-0.25, -0.2) is 19.6 Å². The normalized spacial score (nSPS) is 28.1. The molecular formula is C43H54N6O7S. The molecular weight excluding hydrogens is 745 g/mol. The molecule has 304 valence electrons. The second-order valence-electron chi connectivity index (χ2n) is 16.7. The topological polar surface area (TPSA) is 172 Å². The van der Waals surface area contributed by atoms with Crippen LogP contribution in [0.5, 0.6) is 5.75 Å². The van der Waals surface area contributed by atoms with Gasteiger partial charge in [0.15, 0.2) is 5.13 Å². The molecule has 3 amide bonds. The number of thiazole rings is 1. The molecule has 1 unspecified atom stereocenters. The zero-order valence-electron chi connectivity index (χ0n) is 32.7. The molecule has 3 aromatic rings. The van der Waals surface area contributed by atoms with Crippen LogP contribution in [0.2, 0.25) is 0 Å². The highest BCUT2D eigenvalue weighted by Crippen LogP contribution is 2.45. The smallest absolute Gasteiger partial charge is 0.408 e. The van der Waals surface area contributed by atoms with Gasteiger partial charge in [0, 0.05) is 35.2 Å². The summed E-state index contributed by atoms with van der Waals surface area (Å²) in [7, 11) is 0. The molecule has 4 N–H and O–H groups in total. The van der Waals surface area contributed by atoms with E-state index in [1.807, 2.05) is 48.7 Å². The lowest BCUT2D eigenvalue weighted by Crippen LogP contribution is -2.56. The third-order valence-electron chi connectivity index (χ3n) is 12.4. The van der Waals surface area contributed by atoms with E-state index in [4.69, 9.17) is 19.4 Å². The predicted octanol–water partition coefficient (Wildman–Crippen LogP) is 7.28. The van der Waals surface area contributed by atoms with E-state index in [0.717, 1.165) is 85.1 Å². The van der Waals surface area contributed by atoms with Gasteiger partial charge < -0.3 is 35.4 Å². The number of nitrogens with zero attached hydrogens (tertiary/aromatic N) is 3. The van der Waals surface area contributed by atoms with E-state index in [9.17, 15) is 24.3 Å². The minimum absolute atomic E-state index is 0.0628.